The first-order valence-corrected chi connectivity index (χ1v) is 11.0. The highest BCUT2D eigenvalue weighted by Gasteiger charge is 2.04. The van der Waals surface area contributed by atoms with Gasteiger partial charge in [0.25, 0.3) is 0 Å². The summed E-state index contributed by atoms with van der Waals surface area (Å²) in [4.78, 5) is 4.55. The molecule has 2 rings (SSSR count). The molecule has 0 fully saturated rings. The summed E-state index contributed by atoms with van der Waals surface area (Å²) in [6, 6.07) is 17.2. The van der Waals surface area contributed by atoms with Gasteiger partial charge >= 0.3 is 0 Å². The molecule has 0 saturated carbocycles. The monoisotopic (exact) mass is 389 g/mol. The van der Waals surface area contributed by atoms with Crippen LogP contribution >= 0.6 is 0 Å². The largest absolute Gasteiger partial charge is 0.492 e. The molecule has 0 unspecified atom stereocenters. The third kappa shape index (κ3) is 8.59. The van der Waals surface area contributed by atoms with Crippen molar-refractivity contribution in [3.05, 3.63) is 65.7 Å². The van der Waals surface area contributed by atoms with Crippen LogP contribution in [0.2, 0.25) is 0 Å². The molecule has 0 atom stereocenters. The topological polar surface area (TPSA) is 79.8 Å². The Morgan fingerprint density at radius 1 is 1.00 bits per heavy atom. The Morgan fingerprint density at radius 3 is 2.30 bits per heavy atom. The van der Waals surface area contributed by atoms with Crippen molar-refractivity contribution in [2.45, 2.75) is 19.2 Å². The van der Waals surface area contributed by atoms with Gasteiger partial charge in [0.05, 0.1) is 18.8 Å². The summed E-state index contributed by atoms with van der Waals surface area (Å²) < 4.78 is 28.3. The van der Waals surface area contributed by atoms with Gasteiger partial charge in [-0.1, -0.05) is 42.5 Å². The molecule has 27 heavy (non-hydrogen) atoms. The van der Waals surface area contributed by atoms with Crippen LogP contribution in [0, 0.1) is 0 Å². The first-order chi connectivity index (χ1) is 13.0. The lowest BCUT2D eigenvalue weighted by Gasteiger charge is -2.12. The molecule has 2 aromatic rings. The number of ether oxygens (including phenoxy) is 1. The second-order valence-electron chi connectivity index (χ2n) is 6.17. The van der Waals surface area contributed by atoms with Crippen LogP contribution in [0.4, 0.5) is 0 Å². The number of rotatable bonds is 9. The van der Waals surface area contributed by atoms with Gasteiger partial charge in [0.15, 0.2) is 15.8 Å². The Morgan fingerprint density at radius 2 is 1.67 bits per heavy atom. The molecule has 2 aromatic carbocycles. The van der Waals surface area contributed by atoms with E-state index in [1.54, 1.807) is 0 Å². The SMILES string of the molecule is CCNC(=NCc1ccc(CS(C)(=O)=O)cc1)NCCOc1ccccc1. The smallest absolute Gasteiger partial charge is 0.191 e. The van der Waals surface area contributed by atoms with Crippen LogP contribution in [0.1, 0.15) is 18.1 Å². The van der Waals surface area contributed by atoms with Gasteiger partial charge in [0.2, 0.25) is 0 Å². The van der Waals surface area contributed by atoms with Crippen molar-refractivity contribution >= 4 is 15.8 Å². The fraction of sp³-hybridized carbons (Fsp3) is 0.350. The number of aliphatic imine (C=N–C) groups is 1. The molecule has 0 bridgehead atoms. The number of benzene rings is 2. The first-order valence-electron chi connectivity index (χ1n) is 8.92. The number of para-hydroxylation sites is 1. The molecule has 0 radical (unpaired) electrons. The highest BCUT2D eigenvalue weighted by Crippen LogP contribution is 2.09. The average Bonchev–Trinajstić information content (AvgIpc) is 2.64. The van der Waals surface area contributed by atoms with Crippen molar-refractivity contribution < 1.29 is 13.2 Å². The van der Waals surface area contributed by atoms with E-state index in [0.29, 0.717) is 19.7 Å². The lowest BCUT2D eigenvalue weighted by Crippen LogP contribution is -2.39. The molecule has 7 heteroatoms. The van der Waals surface area contributed by atoms with Crippen LogP contribution in [0.25, 0.3) is 0 Å². The van der Waals surface area contributed by atoms with Gasteiger partial charge in [-0.15, -0.1) is 0 Å². The Hall–Kier alpha value is -2.54. The van der Waals surface area contributed by atoms with Crippen LogP contribution in [-0.2, 0) is 22.1 Å². The summed E-state index contributed by atoms with van der Waals surface area (Å²) in [6.07, 6.45) is 1.24. The Labute approximate surface area is 161 Å². The van der Waals surface area contributed by atoms with Crippen molar-refractivity contribution in [2.24, 2.45) is 4.99 Å². The van der Waals surface area contributed by atoms with Crippen molar-refractivity contribution in [3.63, 3.8) is 0 Å². The molecule has 2 N–H and O–H groups in total. The summed E-state index contributed by atoms with van der Waals surface area (Å²) in [5.74, 6) is 1.62. The molecule has 0 heterocycles. The third-order valence-corrected chi connectivity index (χ3v) is 4.48. The fourth-order valence-electron chi connectivity index (χ4n) is 2.41. The number of hydrogen-bond donors (Lipinski definition) is 2. The third-order valence-electron chi connectivity index (χ3n) is 3.62. The zero-order valence-electron chi connectivity index (χ0n) is 15.8. The van der Waals surface area contributed by atoms with Crippen LogP contribution in [0.5, 0.6) is 5.75 Å². The maximum Gasteiger partial charge on any atom is 0.191 e. The van der Waals surface area contributed by atoms with E-state index in [0.717, 1.165) is 29.4 Å². The molecule has 0 spiro atoms. The minimum absolute atomic E-state index is 0.0577. The van der Waals surface area contributed by atoms with E-state index < -0.39 is 9.84 Å². The lowest BCUT2D eigenvalue weighted by molar-refractivity contribution is 0.322. The summed E-state index contributed by atoms with van der Waals surface area (Å²) in [5.41, 5.74) is 1.80. The van der Waals surface area contributed by atoms with Gasteiger partial charge in [-0.3, -0.25) is 0 Å². The van der Waals surface area contributed by atoms with Crippen LogP contribution in [-0.4, -0.2) is 40.3 Å². The maximum absolute atomic E-state index is 11.3. The summed E-state index contributed by atoms with van der Waals surface area (Å²) >= 11 is 0. The number of guanidine groups is 1. The maximum atomic E-state index is 11.3. The Kier molecular flexibility index (Phi) is 8.13. The van der Waals surface area contributed by atoms with Crippen molar-refractivity contribution in [3.8, 4) is 5.75 Å². The van der Waals surface area contributed by atoms with E-state index in [-0.39, 0.29) is 5.75 Å². The van der Waals surface area contributed by atoms with Crippen LogP contribution in [0.3, 0.4) is 0 Å². The van der Waals surface area contributed by atoms with Gasteiger partial charge in [-0.25, -0.2) is 13.4 Å². The quantitative estimate of drug-likeness (QED) is 0.391. The molecule has 6 nitrogen and oxygen atoms in total. The zero-order valence-corrected chi connectivity index (χ0v) is 16.6. The number of hydrogen-bond acceptors (Lipinski definition) is 4. The van der Waals surface area contributed by atoms with E-state index in [9.17, 15) is 8.42 Å². The minimum atomic E-state index is -3.02. The van der Waals surface area contributed by atoms with E-state index in [4.69, 9.17) is 4.74 Å². The first kappa shape index (κ1) is 20.8. The summed E-state index contributed by atoms with van der Waals surface area (Å²) in [5, 5.41) is 6.44. The molecule has 0 aliphatic carbocycles. The van der Waals surface area contributed by atoms with Gasteiger partial charge in [0, 0.05) is 12.8 Å². The predicted molar refractivity (Wildman–Crippen MR) is 110 cm³/mol. The molecule has 0 amide bonds. The second-order valence-corrected chi connectivity index (χ2v) is 8.31. The van der Waals surface area contributed by atoms with Gasteiger partial charge in [0.1, 0.15) is 12.4 Å². The fourth-order valence-corrected chi connectivity index (χ4v) is 3.21. The minimum Gasteiger partial charge on any atom is -0.492 e. The standard InChI is InChI=1S/C20H27N3O3S/c1-3-21-20(22-13-14-26-19-7-5-4-6-8-19)23-15-17-9-11-18(12-10-17)16-27(2,24)25/h4-12H,3,13-16H2,1-2H3,(H2,21,22,23). The van der Waals surface area contributed by atoms with Gasteiger partial charge < -0.3 is 15.4 Å². The molecular weight excluding hydrogens is 362 g/mol. The van der Waals surface area contributed by atoms with Crippen LogP contribution < -0.4 is 15.4 Å². The van der Waals surface area contributed by atoms with Gasteiger partial charge in [-0.05, 0) is 30.2 Å². The Bertz CT molecular complexity index is 819. The van der Waals surface area contributed by atoms with E-state index in [1.165, 1.54) is 6.26 Å². The molecule has 146 valence electrons. The average molecular weight is 390 g/mol. The Balaban J connectivity index is 1.83. The predicted octanol–water partition coefficient (Wildman–Crippen LogP) is 2.37. The molecule has 0 saturated heterocycles. The summed E-state index contributed by atoms with van der Waals surface area (Å²) in [6.45, 7) is 4.45. The molecule has 0 aliphatic rings. The van der Waals surface area contributed by atoms with E-state index in [1.807, 2.05) is 61.5 Å². The molecular formula is C20H27N3O3S. The van der Waals surface area contributed by atoms with Crippen molar-refractivity contribution in [1.82, 2.24) is 10.6 Å². The molecule has 0 aliphatic heterocycles. The number of nitrogens with zero attached hydrogens (tertiary/aromatic N) is 1. The van der Waals surface area contributed by atoms with E-state index >= 15 is 0 Å². The lowest BCUT2D eigenvalue weighted by atomic mass is 10.1. The van der Waals surface area contributed by atoms with Crippen LogP contribution in [0.15, 0.2) is 59.6 Å². The normalized spacial score (nSPS) is 11.9. The van der Waals surface area contributed by atoms with Gasteiger partial charge in [-0.2, -0.15) is 0 Å². The van der Waals surface area contributed by atoms with Crippen molar-refractivity contribution in [2.75, 3.05) is 26.0 Å². The highest BCUT2D eigenvalue weighted by atomic mass is 32.2. The highest BCUT2D eigenvalue weighted by molar-refractivity contribution is 7.89. The number of sulfone groups is 1. The zero-order chi connectivity index (χ0) is 19.5. The van der Waals surface area contributed by atoms with E-state index in [2.05, 4.69) is 15.6 Å². The summed E-state index contributed by atoms with van der Waals surface area (Å²) in [7, 11) is -3.02. The second kappa shape index (κ2) is 10.6. The molecule has 0 aromatic heterocycles. The van der Waals surface area contributed by atoms with Crippen molar-refractivity contribution in [1.29, 1.82) is 0 Å². The number of nitrogens with one attached hydrogen (secondary N) is 2.